The molecule has 50 valence electrons. The molecule has 0 radical (unpaired) electrons. The van der Waals surface area contributed by atoms with Gasteiger partial charge in [0.15, 0.2) is 0 Å². The summed E-state index contributed by atoms with van der Waals surface area (Å²) in [5, 5.41) is 0. The molecule has 0 nitrogen and oxygen atoms in total. The molecule has 1 rings (SSSR count). The van der Waals surface area contributed by atoms with E-state index in [9.17, 15) is 0 Å². The van der Waals surface area contributed by atoms with Crippen molar-refractivity contribution in [1.29, 1.82) is 0 Å². The van der Waals surface area contributed by atoms with E-state index in [2.05, 4.69) is 35.2 Å². The smallest absolute Gasteiger partial charge is 0.0713 e. The van der Waals surface area contributed by atoms with Gasteiger partial charge in [-0.25, -0.2) is 0 Å². The van der Waals surface area contributed by atoms with Crippen molar-refractivity contribution >= 4 is 39.0 Å². The van der Waals surface area contributed by atoms with Crippen molar-refractivity contribution in [3.63, 3.8) is 0 Å². The zero-order chi connectivity index (χ0) is 6.85. The van der Waals surface area contributed by atoms with Crippen molar-refractivity contribution in [2.24, 2.45) is 0 Å². The quantitative estimate of drug-likeness (QED) is 0.656. The summed E-state index contributed by atoms with van der Waals surface area (Å²) in [6, 6.07) is 2.15. The SMILES string of the molecule is CSc1sc(Br)cc1C. The van der Waals surface area contributed by atoms with Crippen LogP contribution in [0.15, 0.2) is 14.1 Å². The fourth-order valence-electron chi connectivity index (χ4n) is 0.630. The van der Waals surface area contributed by atoms with Gasteiger partial charge >= 0.3 is 0 Å². The second-order valence-corrected chi connectivity index (χ2v) is 5.23. The van der Waals surface area contributed by atoms with E-state index in [1.807, 2.05) is 0 Å². The summed E-state index contributed by atoms with van der Waals surface area (Å²) in [5.41, 5.74) is 1.37. The molecular weight excluding hydrogens is 216 g/mol. The molecule has 1 heterocycles. The van der Waals surface area contributed by atoms with Crippen LogP contribution in [0.1, 0.15) is 5.56 Å². The monoisotopic (exact) mass is 222 g/mol. The molecule has 0 aliphatic heterocycles. The molecule has 1 aromatic heterocycles. The lowest BCUT2D eigenvalue weighted by atomic mass is 10.4. The summed E-state index contributed by atoms with van der Waals surface area (Å²) in [7, 11) is 0. The Balaban J connectivity index is 3.01. The van der Waals surface area contributed by atoms with Crippen LogP contribution in [0.4, 0.5) is 0 Å². The highest BCUT2D eigenvalue weighted by Crippen LogP contribution is 2.32. The van der Waals surface area contributed by atoms with E-state index in [-0.39, 0.29) is 0 Å². The molecule has 9 heavy (non-hydrogen) atoms. The van der Waals surface area contributed by atoms with Crippen molar-refractivity contribution in [1.82, 2.24) is 0 Å². The standard InChI is InChI=1S/C6H7BrS2/c1-4-3-5(7)9-6(4)8-2/h3H,1-2H3. The van der Waals surface area contributed by atoms with Crippen LogP contribution in [0.25, 0.3) is 0 Å². The molecular formula is C6H7BrS2. The fourth-order valence-corrected chi connectivity index (χ4v) is 3.40. The Kier molecular flexibility index (Phi) is 2.61. The lowest BCUT2D eigenvalue weighted by Crippen LogP contribution is -1.61. The summed E-state index contributed by atoms with van der Waals surface area (Å²) in [5.74, 6) is 0. The zero-order valence-corrected chi connectivity index (χ0v) is 8.49. The molecule has 0 unspecified atom stereocenters. The van der Waals surface area contributed by atoms with Crippen molar-refractivity contribution in [2.45, 2.75) is 11.1 Å². The summed E-state index contributed by atoms with van der Waals surface area (Å²) in [6.07, 6.45) is 2.10. The maximum Gasteiger partial charge on any atom is 0.0713 e. The largest absolute Gasteiger partial charge is 0.122 e. The predicted octanol–water partition coefficient (Wildman–Crippen LogP) is 3.54. The second kappa shape index (κ2) is 3.08. The van der Waals surface area contributed by atoms with Gasteiger partial charge in [0.05, 0.1) is 8.00 Å². The van der Waals surface area contributed by atoms with Crippen molar-refractivity contribution in [3.8, 4) is 0 Å². The first-order chi connectivity index (χ1) is 4.24. The van der Waals surface area contributed by atoms with Crippen LogP contribution in [-0.2, 0) is 0 Å². The Morgan fingerprint density at radius 1 is 1.67 bits per heavy atom. The van der Waals surface area contributed by atoms with E-state index in [0.29, 0.717) is 0 Å². The molecule has 0 saturated carbocycles. The van der Waals surface area contributed by atoms with Crippen LogP contribution in [0.5, 0.6) is 0 Å². The number of hydrogen-bond donors (Lipinski definition) is 0. The third-order valence-electron chi connectivity index (χ3n) is 1.03. The first-order valence-electron chi connectivity index (χ1n) is 2.54. The van der Waals surface area contributed by atoms with Gasteiger partial charge in [0.25, 0.3) is 0 Å². The maximum atomic E-state index is 3.43. The average molecular weight is 223 g/mol. The molecule has 3 heteroatoms. The molecule has 0 aliphatic rings. The third-order valence-corrected chi connectivity index (χ3v) is 4.01. The van der Waals surface area contributed by atoms with Gasteiger partial charge in [-0.05, 0) is 40.7 Å². The zero-order valence-electron chi connectivity index (χ0n) is 5.27. The maximum absolute atomic E-state index is 3.43. The van der Waals surface area contributed by atoms with Crippen molar-refractivity contribution < 1.29 is 0 Å². The fraction of sp³-hybridized carbons (Fsp3) is 0.333. The lowest BCUT2D eigenvalue weighted by Gasteiger charge is -1.87. The van der Waals surface area contributed by atoms with Crippen LogP contribution < -0.4 is 0 Å². The summed E-state index contributed by atoms with van der Waals surface area (Å²) >= 11 is 7.03. The van der Waals surface area contributed by atoms with Gasteiger partial charge in [0.1, 0.15) is 0 Å². The van der Waals surface area contributed by atoms with Crippen LogP contribution in [0.2, 0.25) is 0 Å². The van der Waals surface area contributed by atoms with Gasteiger partial charge in [0.2, 0.25) is 0 Å². The summed E-state index contributed by atoms with van der Waals surface area (Å²) in [6.45, 7) is 2.13. The first kappa shape index (κ1) is 7.63. The third kappa shape index (κ3) is 1.72. The average Bonchev–Trinajstić information content (AvgIpc) is 2.10. The molecule has 0 spiro atoms. The molecule has 0 atom stereocenters. The molecule has 0 aromatic carbocycles. The number of thioether (sulfide) groups is 1. The number of thiophene rings is 1. The topological polar surface area (TPSA) is 0 Å². The highest BCUT2D eigenvalue weighted by Gasteiger charge is 1.99. The number of halogens is 1. The minimum atomic E-state index is 1.23. The van der Waals surface area contributed by atoms with E-state index in [4.69, 9.17) is 0 Å². The number of aryl methyl sites for hydroxylation is 1. The van der Waals surface area contributed by atoms with Crippen molar-refractivity contribution in [2.75, 3.05) is 6.26 Å². The van der Waals surface area contributed by atoms with Gasteiger partial charge in [0, 0.05) is 0 Å². The van der Waals surface area contributed by atoms with Crippen molar-refractivity contribution in [3.05, 3.63) is 15.4 Å². The Morgan fingerprint density at radius 2 is 2.33 bits per heavy atom. The Hall–Kier alpha value is 0.530. The van der Waals surface area contributed by atoms with Gasteiger partial charge in [-0.2, -0.15) is 0 Å². The van der Waals surface area contributed by atoms with E-state index in [1.165, 1.54) is 13.6 Å². The van der Waals surface area contributed by atoms with Gasteiger partial charge in [-0.15, -0.1) is 23.1 Å². The summed E-state index contributed by atoms with van der Waals surface area (Å²) < 4.78 is 2.63. The van der Waals surface area contributed by atoms with Crippen LogP contribution in [-0.4, -0.2) is 6.26 Å². The lowest BCUT2D eigenvalue weighted by molar-refractivity contribution is 1.43. The van der Waals surface area contributed by atoms with Gasteiger partial charge in [-0.3, -0.25) is 0 Å². The Labute approximate surface area is 71.8 Å². The second-order valence-electron chi connectivity index (χ2n) is 1.73. The highest BCUT2D eigenvalue weighted by molar-refractivity contribution is 9.11. The van der Waals surface area contributed by atoms with Gasteiger partial charge < -0.3 is 0 Å². The molecule has 0 amide bonds. The Morgan fingerprint density at radius 3 is 2.56 bits per heavy atom. The molecule has 1 aromatic rings. The van der Waals surface area contributed by atoms with E-state index < -0.39 is 0 Å². The predicted molar refractivity (Wildman–Crippen MR) is 48.5 cm³/mol. The van der Waals surface area contributed by atoms with E-state index in [0.717, 1.165) is 0 Å². The summed E-state index contributed by atoms with van der Waals surface area (Å²) in [4.78, 5) is 0. The number of rotatable bonds is 1. The minimum absolute atomic E-state index is 1.23. The number of hydrogen-bond acceptors (Lipinski definition) is 2. The minimum Gasteiger partial charge on any atom is -0.122 e. The highest BCUT2D eigenvalue weighted by atomic mass is 79.9. The first-order valence-corrected chi connectivity index (χ1v) is 5.37. The van der Waals surface area contributed by atoms with Crippen LogP contribution in [0.3, 0.4) is 0 Å². The molecule has 0 bridgehead atoms. The van der Waals surface area contributed by atoms with E-state index in [1.54, 1.807) is 23.1 Å². The molecule has 0 saturated heterocycles. The Bertz CT molecular complexity index is 205. The van der Waals surface area contributed by atoms with E-state index >= 15 is 0 Å². The molecule has 0 aliphatic carbocycles. The van der Waals surface area contributed by atoms with Crippen LogP contribution >= 0.6 is 39.0 Å². The molecule has 0 fully saturated rings. The van der Waals surface area contributed by atoms with Gasteiger partial charge in [-0.1, -0.05) is 0 Å². The normalized spacial score (nSPS) is 10.1. The molecule has 0 N–H and O–H groups in total. The van der Waals surface area contributed by atoms with Crippen LogP contribution in [0, 0.1) is 6.92 Å².